The summed E-state index contributed by atoms with van der Waals surface area (Å²) < 4.78 is 11.8. The summed E-state index contributed by atoms with van der Waals surface area (Å²) in [5, 5.41) is 6.80. The maximum atomic E-state index is 13.9. The van der Waals surface area contributed by atoms with Crippen LogP contribution in [-0.4, -0.2) is 48.6 Å². The van der Waals surface area contributed by atoms with Gasteiger partial charge in [0.15, 0.2) is 11.5 Å². The van der Waals surface area contributed by atoms with Gasteiger partial charge in [0, 0.05) is 46.8 Å². The van der Waals surface area contributed by atoms with Gasteiger partial charge in [0.2, 0.25) is 5.91 Å². The van der Waals surface area contributed by atoms with E-state index in [2.05, 4.69) is 31.5 Å². The summed E-state index contributed by atoms with van der Waals surface area (Å²) in [7, 11) is 3.21. The van der Waals surface area contributed by atoms with Crippen LogP contribution in [0.2, 0.25) is 0 Å². The third kappa shape index (κ3) is 5.47. The van der Waals surface area contributed by atoms with Crippen molar-refractivity contribution in [2.45, 2.75) is 25.4 Å². The zero-order valence-corrected chi connectivity index (χ0v) is 22.8. The molecule has 0 bridgehead atoms. The van der Waals surface area contributed by atoms with Crippen molar-refractivity contribution in [1.29, 1.82) is 0 Å². The number of methoxy groups -OCH3 is 2. The van der Waals surface area contributed by atoms with Crippen molar-refractivity contribution < 1.29 is 19.1 Å². The number of aromatic nitrogens is 1. The molecule has 0 radical (unpaired) electrons. The molecular formula is C29H29BrN4O4. The molecule has 4 aromatic rings. The minimum atomic E-state index is -0.758. The van der Waals surface area contributed by atoms with Gasteiger partial charge in [0.25, 0.3) is 0 Å². The van der Waals surface area contributed by atoms with E-state index >= 15 is 0 Å². The van der Waals surface area contributed by atoms with E-state index in [0.717, 1.165) is 32.1 Å². The molecule has 3 amide bonds. The van der Waals surface area contributed by atoms with E-state index in [1.54, 1.807) is 31.3 Å². The van der Waals surface area contributed by atoms with E-state index in [-0.39, 0.29) is 5.91 Å². The highest BCUT2D eigenvalue weighted by Crippen LogP contribution is 2.33. The molecule has 1 aliphatic rings. The molecule has 38 heavy (non-hydrogen) atoms. The molecule has 0 aliphatic carbocycles. The highest BCUT2D eigenvalue weighted by molar-refractivity contribution is 9.10. The zero-order valence-electron chi connectivity index (χ0n) is 21.2. The fraction of sp³-hybridized carbons (Fsp3) is 0.241. The zero-order chi connectivity index (χ0) is 26.6. The number of H-pyrrole nitrogens is 1. The number of carbonyl (C=O) groups excluding carboxylic acids is 2. The first-order valence-corrected chi connectivity index (χ1v) is 13.1. The predicted molar refractivity (Wildman–Crippen MR) is 151 cm³/mol. The van der Waals surface area contributed by atoms with Gasteiger partial charge in [-0.05, 0) is 65.6 Å². The highest BCUT2D eigenvalue weighted by Gasteiger charge is 2.30. The van der Waals surface area contributed by atoms with Gasteiger partial charge in [-0.25, -0.2) is 4.79 Å². The summed E-state index contributed by atoms with van der Waals surface area (Å²) in [5.74, 6) is 1.17. The number of benzene rings is 3. The molecule has 1 unspecified atom stereocenters. The Labute approximate surface area is 229 Å². The summed E-state index contributed by atoms with van der Waals surface area (Å²) in [6.07, 6.45) is 2.94. The number of aromatic amines is 1. The van der Waals surface area contributed by atoms with E-state index < -0.39 is 12.1 Å². The van der Waals surface area contributed by atoms with Crippen LogP contribution in [0.1, 0.15) is 16.7 Å². The second-order valence-electron chi connectivity index (χ2n) is 9.21. The number of hydrogen-bond acceptors (Lipinski definition) is 4. The first kappa shape index (κ1) is 25.7. The maximum absolute atomic E-state index is 13.9. The number of halogens is 1. The lowest BCUT2D eigenvalue weighted by Gasteiger charge is -2.32. The lowest BCUT2D eigenvalue weighted by Crippen LogP contribution is -2.51. The molecule has 9 heteroatoms. The van der Waals surface area contributed by atoms with Crippen molar-refractivity contribution in [2.75, 3.05) is 26.1 Å². The summed E-state index contributed by atoms with van der Waals surface area (Å²) in [4.78, 5) is 32.0. The Hall–Kier alpha value is -3.98. The number of hydrogen-bond donors (Lipinski definition) is 3. The molecule has 3 N–H and O–H groups in total. The Bertz CT molecular complexity index is 1470. The molecule has 3 aromatic carbocycles. The molecule has 0 fully saturated rings. The van der Waals surface area contributed by atoms with Crippen LogP contribution in [0.15, 0.2) is 71.3 Å². The van der Waals surface area contributed by atoms with Crippen LogP contribution in [0.3, 0.4) is 0 Å². The quantitative estimate of drug-likeness (QED) is 0.279. The number of fused-ring (bicyclic) bond motifs is 2. The van der Waals surface area contributed by atoms with Gasteiger partial charge in [-0.1, -0.05) is 34.1 Å². The minimum absolute atomic E-state index is 0.137. The number of amides is 3. The normalized spacial score (nSPS) is 13.5. The monoisotopic (exact) mass is 576 g/mol. The van der Waals surface area contributed by atoms with Gasteiger partial charge >= 0.3 is 6.03 Å². The summed E-state index contributed by atoms with van der Waals surface area (Å²) >= 11 is 3.40. The largest absolute Gasteiger partial charge is 0.493 e. The molecule has 8 nitrogen and oxygen atoms in total. The molecule has 196 valence electrons. The van der Waals surface area contributed by atoms with E-state index in [4.69, 9.17) is 9.47 Å². The van der Waals surface area contributed by atoms with Crippen LogP contribution in [0.4, 0.5) is 10.5 Å². The van der Waals surface area contributed by atoms with Gasteiger partial charge in [0.05, 0.1) is 14.2 Å². The summed E-state index contributed by atoms with van der Waals surface area (Å²) in [6, 6.07) is 17.9. The SMILES string of the molecule is COc1cc2c(cc1OC)CN(C(=O)C(Cc1c[nH]c3ccccc13)NC(=O)Nc1ccc(Br)cc1)CC2. The predicted octanol–water partition coefficient (Wildman–Crippen LogP) is 5.27. The fourth-order valence-corrected chi connectivity index (χ4v) is 5.14. The second-order valence-corrected chi connectivity index (χ2v) is 10.1. The first-order chi connectivity index (χ1) is 18.4. The Morgan fingerprint density at radius 1 is 1.03 bits per heavy atom. The van der Waals surface area contributed by atoms with Gasteiger partial charge in [-0.15, -0.1) is 0 Å². The molecule has 0 saturated carbocycles. The Balaban J connectivity index is 1.38. The van der Waals surface area contributed by atoms with E-state index in [9.17, 15) is 9.59 Å². The molecule has 1 atom stereocenters. The average Bonchev–Trinajstić information content (AvgIpc) is 3.35. The van der Waals surface area contributed by atoms with E-state index in [1.165, 1.54) is 0 Å². The van der Waals surface area contributed by atoms with Gasteiger partial charge < -0.3 is 30.0 Å². The van der Waals surface area contributed by atoms with Crippen LogP contribution in [0.5, 0.6) is 11.5 Å². The van der Waals surface area contributed by atoms with Crippen molar-refractivity contribution in [3.63, 3.8) is 0 Å². The number of para-hydroxylation sites is 1. The Morgan fingerprint density at radius 3 is 2.47 bits per heavy atom. The minimum Gasteiger partial charge on any atom is -0.493 e. The van der Waals surface area contributed by atoms with Crippen molar-refractivity contribution in [1.82, 2.24) is 15.2 Å². The van der Waals surface area contributed by atoms with Crippen LogP contribution < -0.4 is 20.1 Å². The summed E-state index contributed by atoms with van der Waals surface area (Å²) in [5.41, 5.74) is 4.72. The number of carbonyl (C=O) groups is 2. The lowest BCUT2D eigenvalue weighted by molar-refractivity contribution is -0.134. The second kappa shape index (κ2) is 11.2. The van der Waals surface area contributed by atoms with Crippen LogP contribution >= 0.6 is 15.9 Å². The van der Waals surface area contributed by atoms with Gasteiger partial charge in [-0.3, -0.25) is 4.79 Å². The number of nitrogens with zero attached hydrogens (tertiary/aromatic N) is 1. The van der Waals surface area contributed by atoms with E-state index in [0.29, 0.717) is 43.1 Å². The van der Waals surface area contributed by atoms with Gasteiger partial charge in [0.1, 0.15) is 6.04 Å². The van der Waals surface area contributed by atoms with Gasteiger partial charge in [-0.2, -0.15) is 0 Å². The van der Waals surface area contributed by atoms with Crippen molar-refractivity contribution >= 4 is 44.5 Å². The van der Waals surface area contributed by atoms with E-state index in [1.807, 2.05) is 54.7 Å². The lowest BCUT2D eigenvalue weighted by atomic mass is 9.97. The molecule has 2 heterocycles. The Kier molecular flexibility index (Phi) is 7.55. The number of nitrogens with one attached hydrogen (secondary N) is 3. The third-order valence-corrected chi connectivity index (χ3v) is 7.36. The Morgan fingerprint density at radius 2 is 1.74 bits per heavy atom. The number of urea groups is 1. The fourth-order valence-electron chi connectivity index (χ4n) is 4.87. The number of anilines is 1. The first-order valence-electron chi connectivity index (χ1n) is 12.4. The van der Waals surface area contributed by atoms with Crippen molar-refractivity contribution in [2.24, 2.45) is 0 Å². The molecular weight excluding hydrogens is 548 g/mol. The highest BCUT2D eigenvalue weighted by atomic mass is 79.9. The maximum Gasteiger partial charge on any atom is 0.319 e. The molecule has 0 spiro atoms. The smallest absolute Gasteiger partial charge is 0.319 e. The van der Waals surface area contributed by atoms with Crippen LogP contribution in [-0.2, 0) is 24.2 Å². The van der Waals surface area contributed by atoms with Crippen LogP contribution in [0, 0.1) is 0 Å². The standard InChI is InChI=1S/C29H29BrN4O4/c1-37-26-14-18-11-12-34(17-20(18)15-27(26)38-2)28(35)25(13-19-16-31-24-6-4-3-5-23(19)24)33-29(36)32-22-9-7-21(30)8-10-22/h3-10,14-16,25,31H,11-13,17H2,1-2H3,(H2,32,33,36). The molecule has 1 aromatic heterocycles. The summed E-state index contributed by atoms with van der Waals surface area (Å²) in [6.45, 7) is 0.969. The third-order valence-electron chi connectivity index (χ3n) is 6.83. The molecule has 5 rings (SSSR count). The number of ether oxygens (including phenoxy) is 2. The van der Waals surface area contributed by atoms with Crippen molar-refractivity contribution in [3.8, 4) is 11.5 Å². The molecule has 1 aliphatic heterocycles. The van der Waals surface area contributed by atoms with Crippen molar-refractivity contribution in [3.05, 3.63) is 88.0 Å². The van der Waals surface area contributed by atoms with Crippen LogP contribution in [0.25, 0.3) is 10.9 Å². The number of rotatable bonds is 7. The topological polar surface area (TPSA) is 95.7 Å². The molecule has 0 saturated heterocycles. The average molecular weight is 577 g/mol.